The molecule has 0 aliphatic carbocycles. The van der Waals surface area contributed by atoms with E-state index in [9.17, 15) is 9.59 Å². The Labute approximate surface area is 220 Å². The van der Waals surface area contributed by atoms with Crippen molar-refractivity contribution in [2.45, 2.75) is 13.8 Å². The van der Waals surface area contributed by atoms with Crippen molar-refractivity contribution in [3.8, 4) is 23.0 Å². The molecule has 0 saturated carbocycles. The Bertz CT molecular complexity index is 1550. The lowest BCUT2D eigenvalue weighted by Crippen LogP contribution is -2.19. The molecule has 0 saturated heterocycles. The zero-order chi connectivity index (χ0) is 26.5. The number of fused-ring (bicyclic) bond motifs is 2. The Balaban J connectivity index is 1.48. The van der Waals surface area contributed by atoms with E-state index in [1.54, 1.807) is 48.5 Å². The second-order valence-corrected chi connectivity index (χ2v) is 8.91. The lowest BCUT2D eigenvalue weighted by molar-refractivity contribution is -0.137. The molecule has 0 heterocycles. The molecule has 0 aromatic heterocycles. The number of ether oxygens (including phenoxy) is 4. The molecular weight excluding hydrogens is 480 g/mol. The summed E-state index contributed by atoms with van der Waals surface area (Å²) in [5.74, 6) is 0.968. The summed E-state index contributed by atoms with van der Waals surface area (Å²) in [6, 6.07) is 29.5. The maximum absolute atomic E-state index is 12.6. The molecule has 0 amide bonds. The van der Waals surface area contributed by atoms with E-state index in [0.717, 1.165) is 32.7 Å². The Morgan fingerprint density at radius 2 is 0.921 bits per heavy atom. The van der Waals surface area contributed by atoms with Gasteiger partial charge < -0.3 is 18.9 Å². The molecule has 0 aliphatic heterocycles. The van der Waals surface area contributed by atoms with Gasteiger partial charge in [-0.25, -0.2) is 9.59 Å². The van der Waals surface area contributed by atoms with Gasteiger partial charge in [0.2, 0.25) is 0 Å². The van der Waals surface area contributed by atoms with Crippen molar-refractivity contribution in [1.29, 1.82) is 0 Å². The van der Waals surface area contributed by atoms with Gasteiger partial charge in [-0.3, -0.25) is 0 Å². The summed E-state index contributed by atoms with van der Waals surface area (Å²) in [6.45, 7) is 3.41. The summed E-state index contributed by atoms with van der Waals surface area (Å²) >= 11 is 0. The van der Waals surface area contributed by atoms with Crippen molar-refractivity contribution in [3.05, 3.63) is 108 Å². The van der Waals surface area contributed by atoms with Crippen molar-refractivity contribution >= 4 is 33.5 Å². The summed E-state index contributed by atoms with van der Waals surface area (Å²) in [4.78, 5) is 25.1. The predicted molar refractivity (Wildman–Crippen MR) is 146 cm³/mol. The number of carbonyl (C=O) groups excluding carboxylic acids is 2. The monoisotopic (exact) mass is 506 g/mol. The minimum Gasteiger partial charge on any atom is -0.481 e. The fourth-order valence-corrected chi connectivity index (χ4v) is 4.25. The van der Waals surface area contributed by atoms with Gasteiger partial charge in [0.05, 0.1) is 0 Å². The van der Waals surface area contributed by atoms with Crippen LogP contribution in [0.5, 0.6) is 23.0 Å². The minimum atomic E-state index is -0.513. The van der Waals surface area contributed by atoms with Crippen molar-refractivity contribution in [3.63, 3.8) is 0 Å². The lowest BCUT2D eigenvalue weighted by Gasteiger charge is -2.18. The van der Waals surface area contributed by atoms with Gasteiger partial charge in [0.25, 0.3) is 0 Å². The van der Waals surface area contributed by atoms with Crippen molar-refractivity contribution < 1.29 is 28.5 Å². The van der Waals surface area contributed by atoms with Gasteiger partial charge in [0.1, 0.15) is 23.0 Å². The highest BCUT2D eigenvalue weighted by molar-refractivity contribution is 6.11. The van der Waals surface area contributed by atoms with E-state index >= 15 is 0 Å². The molecule has 6 nitrogen and oxygen atoms in total. The average Bonchev–Trinajstić information content (AvgIpc) is 2.91. The number of rotatable bonds is 8. The van der Waals surface area contributed by atoms with Crippen molar-refractivity contribution in [2.24, 2.45) is 0 Å². The van der Waals surface area contributed by atoms with Crippen LogP contribution < -0.4 is 18.9 Å². The van der Waals surface area contributed by atoms with Gasteiger partial charge in [-0.05, 0) is 50.2 Å². The van der Waals surface area contributed by atoms with Crippen LogP contribution in [0.2, 0.25) is 0 Å². The highest BCUT2D eigenvalue weighted by atomic mass is 16.6. The first-order valence-electron chi connectivity index (χ1n) is 12.2. The smallest absolute Gasteiger partial charge is 0.349 e. The van der Waals surface area contributed by atoms with E-state index in [1.807, 2.05) is 62.4 Å². The third-order valence-electron chi connectivity index (χ3n) is 5.95. The molecule has 5 rings (SSSR count). The largest absolute Gasteiger partial charge is 0.481 e. The van der Waals surface area contributed by atoms with Crippen molar-refractivity contribution in [2.75, 3.05) is 13.2 Å². The molecule has 0 aliphatic rings. The highest BCUT2D eigenvalue weighted by Gasteiger charge is 2.19. The predicted octanol–water partition coefficient (Wildman–Crippen LogP) is 6.58. The van der Waals surface area contributed by atoms with E-state index < -0.39 is 11.9 Å². The Morgan fingerprint density at radius 3 is 1.34 bits per heavy atom. The van der Waals surface area contributed by atoms with Gasteiger partial charge >= 0.3 is 11.9 Å². The zero-order valence-electron chi connectivity index (χ0n) is 21.1. The number of aryl methyl sites for hydroxylation is 2. The molecule has 0 spiro atoms. The summed E-state index contributed by atoms with van der Waals surface area (Å²) < 4.78 is 23.0. The quantitative estimate of drug-likeness (QED) is 0.135. The SMILES string of the molecule is Cc1ccc2c(OCC(=O)Oc3ccccc3)c3ccc(C)cc3c(OCC(=O)Oc3ccccc3)c2c1. The fraction of sp³-hybridized carbons (Fsp3) is 0.125. The number of benzene rings is 5. The minimum absolute atomic E-state index is 0.273. The molecule has 0 radical (unpaired) electrons. The van der Waals surface area contributed by atoms with Gasteiger partial charge in [-0.2, -0.15) is 0 Å². The van der Waals surface area contributed by atoms with Crippen LogP contribution in [0.15, 0.2) is 97.1 Å². The average molecular weight is 507 g/mol. The number of esters is 2. The Hall–Kier alpha value is -4.84. The van der Waals surface area contributed by atoms with Crippen LogP contribution in [-0.4, -0.2) is 25.2 Å². The topological polar surface area (TPSA) is 71.1 Å². The lowest BCUT2D eigenvalue weighted by atomic mass is 9.98. The number of hydrogen-bond donors (Lipinski definition) is 0. The van der Waals surface area contributed by atoms with E-state index in [1.165, 1.54) is 0 Å². The van der Waals surface area contributed by atoms with Crippen LogP contribution in [0.4, 0.5) is 0 Å². The summed E-state index contributed by atoms with van der Waals surface area (Å²) in [6.07, 6.45) is 0. The number of carbonyl (C=O) groups is 2. The maximum atomic E-state index is 12.6. The van der Waals surface area contributed by atoms with Crippen LogP contribution in [-0.2, 0) is 9.59 Å². The molecule has 0 unspecified atom stereocenters. The summed E-state index contributed by atoms with van der Waals surface area (Å²) in [5.41, 5.74) is 2.02. The van der Waals surface area contributed by atoms with Gasteiger partial charge in [0, 0.05) is 21.5 Å². The fourth-order valence-electron chi connectivity index (χ4n) is 4.25. The van der Waals surface area contributed by atoms with Crippen LogP contribution in [0.25, 0.3) is 21.5 Å². The van der Waals surface area contributed by atoms with E-state index in [4.69, 9.17) is 18.9 Å². The normalized spacial score (nSPS) is 10.8. The molecular formula is C32H26O6. The van der Waals surface area contributed by atoms with Crippen LogP contribution in [0.3, 0.4) is 0 Å². The molecule has 0 bridgehead atoms. The molecule has 5 aromatic carbocycles. The first kappa shape index (κ1) is 24.8. The first-order chi connectivity index (χ1) is 18.5. The van der Waals surface area contributed by atoms with Gasteiger partial charge in [-0.15, -0.1) is 0 Å². The standard InChI is InChI=1S/C32H26O6/c1-21-13-15-25-27(17-21)32(36-20-30(34)38-24-11-7-4-8-12-24)28-18-22(2)14-16-26(28)31(25)35-19-29(33)37-23-9-5-3-6-10-23/h3-18H,19-20H2,1-2H3. The highest BCUT2D eigenvalue weighted by Crippen LogP contribution is 2.43. The Morgan fingerprint density at radius 1 is 0.526 bits per heavy atom. The van der Waals surface area contributed by atoms with Crippen LogP contribution in [0.1, 0.15) is 11.1 Å². The maximum Gasteiger partial charge on any atom is 0.349 e. The molecule has 38 heavy (non-hydrogen) atoms. The van der Waals surface area contributed by atoms with E-state index in [0.29, 0.717) is 23.0 Å². The summed E-state index contributed by atoms with van der Waals surface area (Å²) in [5, 5.41) is 3.04. The van der Waals surface area contributed by atoms with Crippen LogP contribution in [0, 0.1) is 13.8 Å². The van der Waals surface area contributed by atoms with Gasteiger partial charge in [-0.1, -0.05) is 71.8 Å². The van der Waals surface area contributed by atoms with Gasteiger partial charge in [0.15, 0.2) is 13.2 Å². The molecule has 6 heteroatoms. The third-order valence-corrected chi connectivity index (χ3v) is 5.95. The molecule has 0 fully saturated rings. The molecule has 190 valence electrons. The summed E-state index contributed by atoms with van der Waals surface area (Å²) in [7, 11) is 0. The second kappa shape index (κ2) is 11.0. The van der Waals surface area contributed by atoms with E-state index in [-0.39, 0.29) is 13.2 Å². The molecule has 0 N–H and O–H groups in total. The van der Waals surface area contributed by atoms with Crippen molar-refractivity contribution in [1.82, 2.24) is 0 Å². The number of hydrogen-bond acceptors (Lipinski definition) is 6. The van der Waals surface area contributed by atoms with Crippen LogP contribution >= 0.6 is 0 Å². The number of para-hydroxylation sites is 2. The first-order valence-corrected chi connectivity index (χ1v) is 12.2. The molecule has 5 aromatic rings. The zero-order valence-corrected chi connectivity index (χ0v) is 21.1. The third kappa shape index (κ3) is 5.60. The second-order valence-electron chi connectivity index (χ2n) is 8.91. The van der Waals surface area contributed by atoms with E-state index in [2.05, 4.69) is 0 Å². The Kier molecular flexibility index (Phi) is 7.22. The molecule has 0 atom stereocenters.